The van der Waals surface area contributed by atoms with E-state index in [4.69, 9.17) is 9.84 Å². The SMILES string of the molecule is C[C@H](Nc1nccc(N2C(=O)OC[C@@H]2[C@@H](C)F)n1)c1ccc(CN2CCN(C(=O)O)CC2)cc1. The first-order valence-electron chi connectivity index (χ1n) is 11.3. The molecule has 11 heteroatoms. The van der Waals surface area contributed by atoms with Gasteiger partial charge in [-0.15, -0.1) is 0 Å². The number of benzene rings is 1. The quantitative estimate of drug-likeness (QED) is 0.632. The van der Waals surface area contributed by atoms with Crippen LogP contribution >= 0.6 is 0 Å². The number of hydrogen-bond acceptors (Lipinski definition) is 7. The Bertz CT molecular complexity index is 1010. The Morgan fingerprint density at radius 3 is 2.56 bits per heavy atom. The molecule has 0 aliphatic carbocycles. The monoisotopic (exact) mass is 472 g/mol. The van der Waals surface area contributed by atoms with Crippen LogP contribution in [0.2, 0.25) is 0 Å². The van der Waals surface area contributed by atoms with Gasteiger partial charge in [-0.3, -0.25) is 9.80 Å². The molecule has 2 amide bonds. The summed E-state index contributed by atoms with van der Waals surface area (Å²) in [5, 5.41) is 12.3. The minimum Gasteiger partial charge on any atom is -0.465 e. The molecule has 2 aliphatic heterocycles. The maximum Gasteiger partial charge on any atom is 0.416 e. The van der Waals surface area contributed by atoms with Crippen molar-refractivity contribution in [1.82, 2.24) is 19.8 Å². The number of piperazine rings is 1. The van der Waals surface area contributed by atoms with E-state index in [1.165, 1.54) is 22.9 Å². The third kappa shape index (κ3) is 5.36. The highest BCUT2D eigenvalue weighted by molar-refractivity contribution is 5.89. The molecule has 3 atom stereocenters. The second kappa shape index (κ2) is 10.2. The standard InChI is InChI=1S/C23H29FN6O4/c1-15(24)19-14-34-23(33)30(19)20-7-8-25-21(27-20)26-16(2)18-5-3-17(4-6-18)13-28-9-11-29(12-10-28)22(31)32/h3-8,15-16,19H,9-14H2,1-2H3,(H,31,32)(H,25,26,27)/t15-,16+,19-/m1/s1. The Morgan fingerprint density at radius 2 is 1.91 bits per heavy atom. The van der Waals surface area contributed by atoms with E-state index < -0.39 is 24.4 Å². The predicted octanol–water partition coefficient (Wildman–Crippen LogP) is 3.13. The summed E-state index contributed by atoms with van der Waals surface area (Å²) in [6.07, 6.45) is -1.21. The van der Waals surface area contributed by atoms with Crippen LogP contribution in [-0.4, -0.2) is 82.1 Å². The Hall–Kier alpha value is -3.47. The molecule has 0 radical (unpaired) electrons. The lowest BCUT2D eigenvalue weighted by Gasteiger charge is -2.33. The summed E-state index contributed by atoms with van der Waals surface area (Å²) in [5.74, 6) is 0.621. The number of alkyl halides is 1. The molecule has 34 heavy (non-hydrogen) atoms. The van der Waals surface area contributed by atoms with E-state index >= 15 is 0 Å². The summed E-state index contributed by atoms with van der Waals surface area (Å²) in [4.78, 5) is 36.7. The summed E-state index contributed by atoms with van der Waals surface area (Å²) in [6, 6.07) is 8.91. The molecule has 2 N–H and O–H groups in total. The van der Waals surface area contributed by atoms with Crippen LogP contribution in [0.1, 0.15) is 31.0 Å². The van der Waals surface area contributed by atoms with Crippen LogP contribution < -0.4 is 10.2 Å². The van der Waals surface area contributed by atoms with Crippen LogP contribution in [0.25, 0.3) is 0 Å². The first-order valence-corrected chi connectivity index (χ1v) is 11.3. The number of rotatable bonds is 7. The van der Waals surface area contributed by atoms with Crippen molar-refractivity contribution in [2.45, 2.75) is 38.6 Å². The molecule has 0 spiro atoms. The average Bonchev–Trinajstić information content (AvgIpc) is 3.22. The Kier molecular flexibility index (Phi) is 7.11. The number of cyclic esters (lactones) is 1. The summed E-state index contributed by atoms with van der Waals surface area (Å²) in [7, 11) is 0. The Morgan fingerprint density at radius 1 is 1.21 bits per heavy atom. The van der Waals surface area contributed by atoms with Gasteiger partial charge in [0.2, 0.25) is 5.95 Å². The highest BCUT2D eigenvalue weighted by Gasteiger charge is 2.39. The van der Waals surface area contributed by atoms with Crippen LogP contribution in [0.3, 0.4) is 0 Å². The number of aromatic nitrogens is 2. The van der Waals surface area contributed by atoms with Gasteiger partial charge in [-0.05, 0) is 31.0 Å². The Labute approximate surface area is 197 Å². The molecule has 10 nitrogen and oxygen atoms in total. The summed E-state index contributed by atoms with van der Waals surface area (Å²) in [6.45, 7) is 6.59. The van der Waals surface area contributed by atoms with Gasteiger partial charge in [0, 0.05) is 38.9 Å². The van der Waals surface area contributed by atoms with Gasteiger partial charge in [0.15, 0.2) is 0 Å². The van der Waals surface area contributed by atoms with E-state index in [9.17, 15) is 14.0 Å². The normalized spacial score (nSPS) is 20.7. The van der Waals surface area contributed by atoms with Gasteiger partial charge in [0.05, 0.1) is 6.04 Å². The zero-order valence-electron chi connectivity index (χ0n) is 19.2. The van der Waals surface area contributed by atoms with Crippen molar-refractivity contribution in [3.05, 3.63) is 47.7 Å². The molecule has 3 heterocycles. The number of anilines is 2. The zero-order valence-corrected chi connectivity index (χ0v) is 19.2. The lowest BCUT2D eigenvalue weighted by molar-refractivity contribution is 0.103. The topological polar surface area (TPSA) is 111 Å². The van der Waals surface area contributed by atoms with Gasteiger partial charge in [0.1, 0.15) is 24.6 Å². The number of halogens is 1. The molecule has 0 unspecified atom stereocenters. The molecule has 2 fully saturated rings. The number of hydrogen-bond donors (Lipinski definition) is 2. The van der Waals surface area contributed by atoms with Crippen LogP contribution in [0, 0.1) is 0 Å². The fourth-order valence-electron chi connectivity index (χ4n) is 4.13. The summed E-state index contributed by atoms with van der Waals surface area (Å²) in [5.41, 5.74) is 2.18. The van der Waals surface area contributed by atoms with E-state index in [0.29, 0.717) is 37.9 Å². The van der Waals surface area contributed by atoms with E-state index in [0.717, 1.165) is 17.7 Å². The highest BCUT2D eigenvalue weighted by Crippen LogP contribution is 2.26. The molecule has 2 saturated heterocycles. The van der Waals surface area contributed by atoms with Gasteiger partial charge in [0.25, 0.3) is 0 Å². The van der Waals surface area contributed by atoms with Crippen molar-refractivity contribution >= 4 is 24.0 Å². The number of carbonyl (C=O) groups excluding carboxylic acids is 1. The fourth-order valence-corrected chi connectivity index (χ4v) is 4.13. The molecular weight excluding hydrogens is 443 g/mol. The molecular formula is C23H29FN6O4. The summed E-state index contributed by atoms with van der Waals surface area (Å²) >= 11 is 0. The van der Waals surface area contributed by atoms with Crippen molar-refractivity contribution in [3.63, 3.8) is 0 Å². The van der Waals surface area contributed by atoms with Gasteiger partial charge < -0.3 is 20.1 Å². The van der Waals surface area contributed by atoms with Crippen LogP contribution in [0.15, 0.2) is 36.5 Å². The lowest BCUT2D eigenvalue weighted by Crippen LogP contribution is -2.47. The van der Waals surface area contributed by atoms with Crippen LogP contribution in [-0.2, 0) is 11.3 Å². The maximum absolute atomic E-state index is 13.9. The number of amides is 2. The molecule has 2 aromatic rings. The van der Waals surface area contributed by atoms with Gasteiger partial charge in [-0.2, -0.15) is 4.98 Å². The second-order valence-electron chi connectivity index (χ2n) is 8.58. The largest absolute Gasteiger partial charge is 0.465 e. The number of nitrogens with zero attached hydrogens (tertiary/aromatic N) is 5. The third-order valence-corrected chi connectivity index (χ3v) is 6.20. The van der Waals surface area contributed by atoms with E-state index in [-0.39, 0.29) is 12.6 Å². The fraction of sp³-hybridized carbons (Fsp3) is 0.478. The summed E-state index contributed by atoms with van der Waals surface area (Å²) < 4.78 is 18.9. The third-order valence-electron chi connectivity index (χ3n) is 6.20. The molecule has 0 saturated carbocycles. The average molecular weight is 473 g/mol. The van der Waals surface area contributed by atoms with Crippen molar-refractivity contribution in [3.8, 4) is 0 Å². The zero-order chi connectivity index (χ0) is 24.2. The van der Waals surface area contributed by atoms with E-state index in [2.05, 4.69) is 32.3 Å². The molecule has 4 rings (SSSR count). The van der Waals surface area contributed by atoms with Crippen LogP contribution in [0.4, 0.5) is 25.7 Å². The number of carbonyl (C=O) groups is 2. The maximum atomic E-state index is 13.9. The van der Waals surface area contributed by atoms with Crippen molar-refractivity contribution < 1.29 is 23.8 Å². The van der Waals surface area contributed by atoms with Crippen molar-refractivity contribution in [2.24, 2.45) is 0 Å². The number of ether oxygens (including phenoxy) is 1. The molecule has 0 bridgehead atoms. The van der Waals surface area contributed by atoms with E-state index in [1.54, 1.807) is 6.07 Å². The second-order valence-corrected chi connectivity index (χ2v) is 8.58. The van der Waals surface area contributed by atoms with Crippen molar-refractivity contribution in [1.29, 1.82) is 0 Å². The first-order chi connectivity index (χ1) is 16.3. The van der Waals surface area contributed by atoms with Gasteiger partial charge >= 0.3 is 12.2 Å². The van der Waals surface area contributed by atoms with Gasteiger partial charge in [-0.1, -0.05) is 24.3 Å². The molecule has 1 aromatic carbocycles. The smallest absolute Gasteiger partial charge is 0.416 e. The number of nitrogens with one attached hydrogen (secondary N) is 1. The number of carboxylic acid groups (broad SMARTS) is 1. The highest BCUT2D eigenvalue weighted by atomic mass is 19.1. The van der Waals surface area contributed by atoms with Gasteiger partial charge in [-0.25, -0.2) is 19.0 Å². The van der Waals surface area contributed by atoms with E-state index in [1.807, 2.05) is 19.1 Å². The first kappa shape index (κ1) is 23.7. The lowest BCUT2D eigenvalue weighted by atomic mass is 10.1. The Balaban J connectivity index is 1.36. The molecule has 182 valence electrons. The predicted molar refractivity (Wildman–Crippen MR) is 124 cm³/mol. The minimum atomic E-state index is -1.25. The minimum absolute atomic E-state index is 0.0126. The molecule has 2 aliphatic rings. The van der Waals surface area contributed by atoms with Crippen molar-refractivity contribution in [2.75, 3.05) is 43.0 Å². The van der Waals surface area contributed by atoms with Crippen LogP contribution in [0.5, 0.6) is 0 Å². The molecule has 1 aromatic heterocycles.